The van der Waals surface area contributed by atoms with Crippen LogP contribution in [0.3, 0.4) is 0 Å². The van der Waals surface area contributed by atoms with Gasteiger partial charge in [0.05, 0.1) is 11.4 Å². The molecule has 1 aromatic heterocycles. The van der Waals surface area contributed by atoms with E-state index in [0.717, 1.165) is 0 Å². The Balaban J connectivity index is 2.17. The van der Waals surface area contributed by atoms with E-state index in [1.165, 1.54) is 11.0 Å². The van der Waals surface area contributed by atoms with Crippen molar-refractivity contribution in [1.29, 1.82) is 0 Å². The smallest absolute Gasteiger partial charge is 0.276 e. The lowest BCUT2D eigenvalue weighted by molar-refractivity contribution is 0.0779. The van der Waals surface area contributed by atoms with Crippen molar-refractivity contribution in [2.45, 2.75) is 13.5 Å². The maximum Gasteiger partial charge on any atom is 0.276 e. The third-order valence-electron chi connectivity index (χ3n) is 2.91. The maximum absolute atomic E-state index is 13.5. The van der Waals surface area contributed by atoms with Crippen LogP contribution in [0.2, 0.25) is 0 Å². The highest BCUT2D eigenvalue weighted by Crippen LogP contribution is 2.16. The van der Waals surface area contributed by atoms with E-state index in [0.29, 0.717) is 16.9 Å². The lowest BCUT2D eigenvalue weighted by atomic mass is 10.2. The summed E-state index contributed by atoms with van der Waals surface area (Å²) in [6, 6.07) is 6.33. The fourth-order valence-corrected chi connectivity index (χ4v) is 1.74. The molecule has 3 N–H and O–H groups in total. The Hall–Kier alpha value is -2.37. The van der Waals surface area contributed by atoms with Crippen molar-refractivity contribution in [1.82, 2.24) is 15.1 Å². The average molecular weight is 262 g/mol. The monoisotopic (exact) mass is 262 g/mol. The highest BCUT2D eigenvalue weighted by Gasteiger charge is 2.20. The topological polar surface area (TPSA) is 75.0 Å². The third kappa shape index (κ3) is 2.57. The number of hydrogen-bond donors (Lipinski definition) is 2. The van der Waals surface area contributed by atoms with E-state index in [9.17, 15) is 9.18 Å². The van der Waals surface area contributed by atoms with Crippen molar-refractivity contribution in [3.05, 3.63) is 47.0 Å². The second-order valence-corrected chi connectivity index (χ2v) is 4.36. The number of aryl methyl sites for hydroxylation is 1. The minimum absolute atomic E-state index is 0.163. The number of nitrogens with one attached hydrogen (secondary N) is 1. The molecule has 5 nitrogen and oxygen atoms in total. The fourth-order valence-electron chi connectivity index (χ4n) is 1.74. The number of hydrogen-bond acceptors (Lipinski definition) is 3. The summed E-state index contributed by atoms with van der Waals surface area (Å²) in [5.74, 6) is -0.682. The number of halogens is 1. The van der Waals surface area contributed by atoms with Crippen molar-refractivity contribution in [3.63, 3.8) is 0 Å². The van der Waals surface area contributed by atoms with Crippen LogP contribution in [0.15, 0.2) is 24.3 Å². The number of carbonyl (C=O) groups excluding carboxylic acids is 1. The predicted molar refractivity (Wildman–Crippen MR) is 69.9 cm³/mol. The lowest BCUT2D eigenvalue weighted by Crippen LogP contribution is -2.27. The molecule has 19 heavy (non-hydrogen) atoms. The van der Waals surface area contributed by atoms with Gasteiger partial charge in [-0.3, -0.25) is 9.89 Å². The van der Waals surface area contributed by atoms with Gasteiger partial charge in [-0.1, -0.05) is 18.2 Å². The first kappa shape index (κ1) is 13.1. The lowest BCUT2D eigenvalue weighted by Gasteiger charge is -2.16. The van der Waals surface area contributed by atoms with Crippen molar-refractivity contribution in [2.75, 3.05) is 12.8 Å². The van der Waals surface area contributed by atoms with Crippen molar-refractivity contribution in [3.8, 4) is 0 Å². The first-order valence-electron chi connectivity index (χ1n) is 5.80. The molecule has 1 heterocycles. The number of nitrogen functional groups attached to an aromatic ring is 1. The molecule has 0 spiro atoms. The number of H-pyrrole nitrogens is 1. The van der Waals surface area contributed by atoms with E-state index in [1.807, 2.05) is 0 Å². The molecule has 100 valence electrons. The standard InChI is InChI=1S/C13H15FN4O/c1-8-11(15)12(17-16-8)13(19)18(2)7-9-5-3-4-6-10(9)14/h3-6H,7,15H2,1-2H3,(H,16,17). The number of anilines is 1. The van der Waals surface area contributed by atoms with Crippen LogP contribution < -0.4 is 5.73 Å². The number of aromatic nitrogens is 2. The summed E-state index contributed by atoms with van der Waals surface area (Å²) in [5, 5.41) is 6.52. The Morgan fingerprint density at radius 2 is 2.16 bits per heavy atom. The highest BCUT2D eigenvalue weighted by molar-refractivity contribution is 5.97. The molecule has 0 atom stereocenters. The quantitative estimate of drug-likeness (QED) is 0.884. The summed E-state index contributed by atoms with van der Waals surface area (Å²) in [4.78, 5) is 13.5. The number of benzene rings is 1. The summed E-state index contributed by atoms with van der Waals surface area (Å²) in [6.45, 7) is 1.90. The number of amides is 1. The Labute approximate surface area is 110 Å². The number of nitrogens with two attached hydrogens (primary N) is 1. The average Bonchev–Trinajstić information content (AvgIpc) is 2.72. The Morgan fingerprint density at radius 1 is 1.47 bits per heavy atom. The number of nitrogens with zero attached hydrogens (tertiary/aromatic N) is 2. The second kappa shape index (κ2) is 5.09. The molecule has 1 aromatic carbocycles. The molecular formula is C13H15FN4O. The number of carbonyl (C=O) groups is 1. The summed E-state index contributed by atoms with van der Waals surface area (Å²) >= 11 is 0. The molecule has 2 aromatic rings. The van der Waals surface area contributed by atoms with Crippen LogP contribution in [-0.2, 0) is 6.54 Å². The second-order valence-electron chi connectivity index (χ2n) is 4.36. The van der Waals surface area contributed by atoms with Crippen LogP contribution in [-0.4, -0.2) is 28.1 Å². The molecule has 0 fully saturated rings. The number of aromatic amines is 1. The molecule has 0 unspecified atom stereocenters. The summed E-state index contributed by atoms with van der Waals surface area (Å²) in [7, 11) is 1.58. The SMILES string of the molecule is Cc1[nH]nc(C(=O)N(C)Cc2ccccc2F)c1N. The molecule has 2 rings (SSSR count). The molecule has 0 aliphatic carbocycles. The fraction of sp³-hybridized carbons (Fsp3) is 0.231. The normalized spacial score (nSPS) is 10.5. The molecule has 6 heteroatoms. The molecule has 0 saturated heterocycles. The van der Waals surface area contributed by atoms with E-state index < -0.39 is 0 Å². The van der Waals surface area contributed by atoms with Gasteiger partial charge in [0.1, 0.15) is 5.82 Å². The highest BCUT2D eigenvalue weighted by atomic mass is 19.1. The van der Waals surface area contributed by atoms with Crippen molar-refractivity contribution >= 4 is 11.6 Å². The van der Waals surface area contributed by atoms with E-state index in [-0.39, 0.29) is 24.0 Å². The van der Waals surface area contributed by atoms with Gasteiger partial charge in [-0.05, 0) is 13.0 Å². The van der Waals surface area contributed by atoms with Gasteiger partial charge >= 0.3 is 0 Å². The van der Waals surface area contributed by atoms with Crippen molar-refractivity contribution < 1.29 is 9.18 Å². The molecule has 0 aliphatic heterocycles. The van der Waals surface area contributed by atoms with Crippen LogP contribution in [0.1, 0.15) is 21.7 Å². The largest absolute Gasteiger partial charge is 0.395 e. The van der Waals surface area contributed by atoms with Gasteiger partial charge in [0, 0.05) is 19.2 Å². The molecule has 0 aliphatic rings. The molecule has 0 saturated carbocycles. The van der Waals surface area contributed by atoms with Gasteiger partial charge in [-0.25, -0.2) is 4.39 Å². The molecular weight excluding hydrogens is 247 g/mol. The van der Waals surface area contributed by atoms with Crippen LogP contribution in [0.4, 0.5) is 10.1 Å². The Bertz CT molecular complexity index is 608. The van der Waals surface area contributed by atoms with Gasteiger partial charge < -0.3 is 10.6 Å². The zero-order valence-corrected chi connectivity index (χ0v) is 10.8. The third-order valence-corrected chi connectivity index (χ3v) is 2.91. The van der Waals surface area contributed by atoms with E-state index in [2.05, 4.69) is 10.2 Å². The van der Waals surface area contributed by atoms with Crippen LogP contribution in [0, 0.1) is 12.7 Å². The van der Waals surface area contributed by atoms with Gasteiger partial charge in [0.15, 0.2) is 5.69 Å². The summed E-state index contributed by atoms with van der Waals surface area (Å²) < 4.78 is 13.5. The number of rotatable bonds is 3. The molecule has 1 amide bonds. The van der Waals surface area contributed by atoms with Gasteiger partial charge in [-0.2, -0.15) is 5.10 Å². The van der Waals surface area contributed by atoms with Crippen LogP contribution >= 0.6 is 0 Å². The van der Waals surface area contributed by atoms with E-state index in [1.54, 1.807) is 32.2 Å². The zero-order chi connectivity index (χ0) is 14.0. The molecule has 0 radical (unpaired) electrons. The summed E-state index contributed by atoms with van der Waals surface area (Å²) in [6.07, 6.45) is 0. The minimum atomic E-state index is -0.342. The van der Waals surface area contributed by atoms with Crippen LogP contribution in [0.25, 0.3) is 0 Å². The van der Waals surface area contributed by atoms with Crippen LogP contribution in [0.5, 0.6) is 0 Å². The predicted octanol–water partition coefficient (Wildman–Crippen LogP) is 1.71. The minimum Gasteiger partial charge on any atom is -0.395 e. The van der Waals surface area contributed by atoms with Gasteiger partial charge in [-0.15, -0.1) is 0 Å². The van der Waals surface area contributed by atoms with Gasteiger partial charge in [0.25, 0.3) is 5.91 Å². The Morgan fingerprint density at radius 3 is 2.74 bits per heavy atom. The first-order valence-corrected chi connectivity index (χ1v) is 5.80. The Kier molecular flexibility index (Phi) is 3.50. The summed E-state index contributed by atoms with van der Waals surface area (Å²) in [5.41, 5.74) is 7.33. The van der Waals surface area contributed by atoms with E-state index >= 15 is 0 Å². The van der Waals surface area contributed by atoms with Crippen molar-refractivity contribution in [2.24, 2.45) is 0 Å². The zero-order valence-electron chi connectivity index (χ0n) is 10.8. The van der Waals surface area contributed by atoms with Gasteiger partial charge in [0.2, 0.25) is 0 Å². The molecule has 0 bridgehead atoms. The van der Waals surface area contributed by atoms with E-state index in [4.69, 9.17) is 5.73 Å². The first-order chi connectivity index (χ1) is 9.00. The maximum atomic E-state index is 13.5.